The van der Waals surface area contributed by atoms with E-state index < -0.39 is 11.8 Å². The fourth-order valence-corrected chi connectivity index (χ4v) is 5.46. The lowest BCUT2D eigenvalue weighted by atomic mass is 9.94. The predicted octanol–water partition coefficient (Wildman–Crippen LogP) is 5.19. The van der Waals surface area contributed by atoms with E-state index in [9.17, 15) is 14.3 Å². The molecular weight excluding hydrogens is 417 g/mol. The van der Waals surface area contributed by atoms with Crippen LogP contribution in [0.4, 0.5) is 4.39 Å². The van der Waals surface area contributed by atoms with Gasteiger partial charge in [0.05, 0.1) is 16.8 Å². The molecule has 1 N–H and O–H groups in total. The molecule has 0 atom stereocenters. The molecule has 5 nitrogen and oxygen atoms in total. The average molecular weight is 448 g/mol. The van der Waals surface area contributed by atoms with Crippen LogP contribution in [0.2, 0.25) is 0 Å². The maximum absolute atomic E-state index is 14.0. The summed E-state index contributed by atoms with van der Waals surface area (Å²) in [4.78, 5) is 22.2. The number of likely N-dealkylation sites (tertiary alicyclic amines) is 2. The molecule has 0 radical (unpaired) electrons. The van der Waals surface area contributed by atoms with Crippen molar-refractivity contribution in [3.8, 4) is 11.3 Å². The van der Waals surface area contributed by atoms with Crippen molar-refractivity contribution in [1.82, 2.24) is 14.8 Å². The van der Waals surface area contributed by atoms with Crippen molar-refractivity contribution in [2.45, 2.75) is 44.7 Å². The standard InChI is InChI=1S/C27H30FN3O2/c28-20-9-10-22-24(17-20)29-26(19-7-3-1-4-8-19)23(25(22)27(32)33)18-30-15-11-21(12-16-30)31-13-5-2-6-14-31/h1,3-4,7-10,17,21H,2,5-6,11-16,18H2,(H,32,33). The van der Waals surface area contributed by atoms with Gasteiger partial charge in [0.2, 0.25) is 0 Å². The molecule has 0 bridgehead atoms. The minimum atomic E-state index is -0.996. The third-order valence-electron chi connectivity index (χ3n) is 7.16. The van der Waals surface area contributed by atoms with Gasteiger partial charge in [0, 0.05) is 35.2 Å². The number of nitrogens with zero attached hydrogens (tertiary/aromatic N) is 3. The number of aromatic carboxylic acids is 1. The number of hydrogen-bond acceptors (Lipinski definition) is 4. The first-order chi connectivity index (χ1) is 16.1. The summed E-state index contributed by atoms with van der Waals surface area (Å²) < 4.78 is 14.0. The number of carboxylic acid groups (broad SMARTS) is 1. The van der Waals surface area contributed by atoms with E-state index in [0.29, 0.717) is 34.7 Å². The third kappa shape index (κ3) is 4.63. The van der Waals surface area contributed by atoms with E-state index in [4.69, 9.17) is 4.98 Å². The van der Waals surface area contributed by atoms with Gasteiger partial charge in [-0.05, 0) is 64.0 Å². The van der Waals surface area contributed by atoms with Crippen LogP contribution in [0.1, 0.15) is 48.0 Å². The number of hydrogen-bond donors (Lipinski definition) is 1. The Morgan fingerprint density at radius 1 is 1.00 bits per heavy atom. The van der Waals surface area contributed by atoms with Crippen molar-refractivity contribution < 1.29 is 14.3 Å². The number of halogens is 1. The molecule has 2 aromatic carbocycles. The molecule has 3 aromatic rings. The first kappa shape index (κ1) is 22.0. The molecule has 0 aliphatic carbocycles. The van der Waals surface area contributed by atoms with Crippen molar-refractivity contribution in [3.63, 3.8) is 0 Å². The zero-order chi connectivity index (χ0) is 22.8. The highest BCUT2D eigenvalue weighted by atomic mass is 19.1. The maximum Gasteiger partial charge on any atom is 0.336 e. The summed E-state index contributed by atoms with van der Waals surface area (Å²) in [5.41, 5.74) is 2.80. The first-order valence-electron chi connectivity index (χ1n) is 12.0. The van der Waals surface area contributed by atoms with Crippen LogP contribution in [-0.4, -0.2) is 58.1 Å². The molecular formula is C27H30FN3O2. The number of aromatic nitrogens is 1. The van der Waals surface area contributed by atoms with Gasteiger partial charge in [0.1, 0.15) is 5.82 Å². The molecule has 2 aliphatic heterocycles. The Balaban J connectivity index is 1.49. The van der Waals surface area contributed by atoms with Crippen molar-refractivity contribution in [2.24, 2.45) is 0 Å². The van der Waals surface area contributed by atoms with Gasteiger partial charge in [0.15, 0.2) is 0 Å². The summed E-state index contributed by atoms with van der Waals surface area (Å²) in [6.07, 6.45) is 6.15. The molecule has 0 unspecified atom stereocenters. The second-order valence-corrected chi connectivity index (χ2v) is 9.25. The summed E-state index contributed by atoms with van der Waals surface area (Å²) in [6, 6.07) is 14.4. The summed E-state index contributed by atoms with van der Waals surface area (Å²) >= 11 is 0. The molecule has 6 heteroatoms. The maximum atomic E-state index is 14.0. The fraction of sp³-hybridized carbons (Fsp3) is 0.407. The number of benzene rings is 2. The molecule has 33 heavy (non-hydrogen) atoms. The molecule has 0 spiro atoms. The van der Waals surface area contributed by atoms with Gasteiger partial charge in [-0.2, -0.15) is 0 Å². The summed E-state index contributed by atoms with van der Waals surface area (Å²) in [5, 5.41) is 10.7. The number of fused-ring (bicyclic) bond motifs is 1. The minimum Gasteiger partial charge on any atom is -0.478 e. The van der Waals surface area contributed by atoms with Crippen LogP contribution in [0.15, 0.2) is 48.5 Å². The number of piperidine rings is 2. The Hall–Kier alpha value is -2.83. The van der Waals surface area contributed by atoms with Crippen LogP contribution in [0.3, 0.4) is 0 Å². The van der Waals surface area contributed by atoms with Crippen LogP contribution >= 0.6 is 0 Å². The SMILES string of the molecule is O=C(O)c1c(CN2CCC(N3CCCCC3)CC2)c(-c2ccccc2)nc2cc(F)ccc12. The summed E-state index contributed by atoms with van der Waals surface area (Å²) in [6.45, 7) is 4.82. The van der Waals surface area contributed by atoms with Gasteiger partial charge in [-0.1, -0.05) is 36.8 Å². The van der Waals surface area contributed by atoms with Crippen molar-refractivity contribution >= 4 is 16.9 Å². The summed E-state index contributed by atoms with van der Waals surface area (Å²) in [7, 11) is 0. The Labute approximate surface area is 193 Å². The molecule has 172 valence electrons. The Bertz CT molecular complexity index is 1140. The highest BCUT2D eigenvalue weighted by molar-refractivity contribution is 6.05. The molecule has 2 saturated heterocycles. The lowest BCUT2D eigenvalue weighted by Gasteiger charge is -2.40. The lowest BCUT2D eigenvalue weighted by Crippen LogP contribution is -2.46. The largest absolute Gasteiger partial charge is 0.478 e. The third-order valence-corrected chi connectivity index (χ3v) is 7.16. The Kier molecular flexibility index (Phi) is 6.38. The van der Waals surface area contributed by atoms with E-state index in [1.807, 2.05) is 30.3 Å². The van der Waals surface area contributed by atoms with Crippen LogP contribution < -0.4 is 0 Å². The van der Waals surface area contributed by atoms with Crippen LogP contribution in [-0.2, 0) is 6.54 Å². The van der Waals surface area contributed by atoms with E-state index in [1.54, 1.807) is 6.07 Å². The topological polar surface area (TPSA) is 56.7 Å². The molecule has 1 aromatic heterocycles. The highest BCUT2D eigenvalue weighted by Crippen LogP contribution is 2.33. The van der Waals surface area contributed by atoms with Crippen LogP contribution in [0.25, 0.3) is 22.2 Å². The number of rotatable bonds is 5. The zero-order valence-corrected chi connectivity index (χ0v) is 18.8. The molecule has 5 rings (SSSR count). The first-order valence-corrected chi connectivity index (χ1v) is 12.0. The Morgan fingerprint density at radius 2 is 1.73 bits per heavy atom. The van der Waals surface area contributed by atoms with E-state index in [1.165, 1.54) is 44.5 Å². The molecule has 3 heterocycles. The smallest absolute Gasteiger partial charge is 0.336 e. The van der Waals surface area contributed by atoms with E-state index in [0.717, 1.165) is 31.5 Å². The van der Waals surface area contributed by atoms with Crippen molar-refractivity contribution in [1.29, 1.82) is 0 Å². The second kappa shape index (κ2) is 9.57. The van der Waals surface area contributed by atoms with Crippen molar-refractivity contribution in [3.05, 3.63) is 65.5 Å². The van der Waals surface area contributed by atoms with Gasteiger partial charge in [-0.3, -0.25) is 4.90 Å². The number of pyridine rings is 1. The van der Waals surface area contributed by atoms with E-state index in [2.05, 4.69) is 9.80 Å². The minimum absolute atomic E-state index is 0.233. The lowest BCUT2D eigenvalue weighted by molar-refractivity contribution is 0.0692. The van der Waals surface area contributed by atoms with Gasteiger partial charge >= 0.3 is 5.97 Å². The van der Waals surface area contributed by atoms with Gasteiger partial charge in [-0.15, -0.1) is 0 Å². The normalized spacial score (nSPS) is 18.6. The predicted molar refractivity (Wildman–Crippen MR) is 128 cm³/mol. The fourth-order valence-electron chi connectivity index (χ4n) is 5.46. The monoisotopic (exact) mass is 447 g/mol. The summed E-state index contributed by atoms with van der Waals surface area (Å²) in [5.74, 6) is -1.41. The zero-order valence-electron chi connectivity index (χ0n) is 18.8. The Morgan fingerprint density at radius 3 is 2.42 bits per heavy atom. The number of carbonyl (C=O) groups is 1. The quantitative estimate of drug-likeness (QED) is 0.583. The van der Waals surface area contributed by atoms with Gasteiger partial charge < -0.3 is 10.0 Å². The van der Waals surface area contributed by atoms with Crippen LogP contribution in [0, 0.1) is 5.82 Å². The average Bonchev–Trinajstić information content (AvgIpc) is 2.85. The molecule has 0 saturated carbocycles. The molecule has 2 aliphatic rings. The van der Waals surface area contributed by atoms with Gasteiger partial charge in [-0.25, -0.2) is 14.2 Å². The van der Waals surface area contributed by atoms with Crippen molar-refractivity contribution in [2.75, 3.05) is 26.2 Å². The molecule has 2 fully saturated rings. The second-order valence-electron chi connectivity index (χ2n) is 9.25. The van der Waals surface area contributed by atoms with E-state index in [-0.39, 0.29) is 5.56 Å². The highest BCUT2D eigenvalue weighted by Gasteiger charge is 2.28. The molecule has 0 amide bonds. The number of carboxylic acids is 1. The van der Waals surface area contributed by atoms with E-state index >= 15 is 0 Å². The van der Waals surface area contributed by atoms with Gasteiger partial charge in [0.25, 0.3) is 0 Å². The van der Waals surface area contributed by atoms with Crippen LogP contribution in [0.5, 0.6) is 0 Å².